The molecule has 2 aromatic heterocycles. The van der Waals surface area contributed by atoms with Gasteiger partial charge in [0.05, 0.1) is 12.8 Å². The number of nitrogens with one attached hydrogen (secondary N) is 2. The molecule has 28 heavy (non-hydrogen) atoms. The van der Waals surface area contributed by atoms with Crippen LogP contribution < -0.4 is 10.6 Å². The SMILES string of the molecule is O=C(NCc1ccco1)/C(=C/C=C\c1ccccc1)NC(=O)c1ccc(Br)o1. The van der Waals surface area contributed by atoms with Gasteiger partial charge in [-0.2, -0.15) is 0 Å². The average Bonchev–Trinajstić information content (AvgIpc) is 3.38. The van der Waals surface area contributed by atoms with E-state index in [1.165, 1.54) is 18.4 Å². The van der Waals surface area contributed by atoms with Crippen molar-refractivity contribution in [2.75, 3.05) is 0 Å². The van der Waals surface area contributed by atoms with E-state index in [2.05, 4.69) is 26.6 Å². The van der Waals surface area contributed by atoms with E-state index in [9.17, 15) is 9.59 Å². The molecule has 0 bridgehead atoms. The van der Waals surface area contributed by atoms with Crippen molar-refractivity contribution in [2.24, 2.45) is 0 Å². The lowest BCUT2D eigenvalue weighted by molar-refractivity contribution is -0.118. The van der Waals surface area contributed by atoms with Gasteiger partial charge in [-0.05, 0) is 51.8 Å². The zero-order valence-corrected chi connectivity index (χ0v) is 16.3. The lowest BCUT2D eigenvalue weighted by Crippen LogP contribution is -2.34. The Hall–Kier alpha value is -3.32. The summed E-state index contributed by atoms with van der Waals surface area (Å²) in [6.07, 6.45) is 6.57. The van der Waals surface area contributed by atoms with Gasteiger partial charge in [-0.1, -0.05) is 42.5 Å². The summed E-state index contributed by atoms with van der Waals surface area (Å²) < 4.78 is 10.9. The average molecular weight is 441 g/mol. The van der Waals surface area contributed by atoms with Gasteiger partial charge in [0, 0.05) is 0 Å². The van der Waals surface area contributed by atoms with Crippen LogP contribution in [0.5, 0.6) is 0 Å². The molecule has 0 aliphatic carbocycles. The highest BCUT2D eigenvalue weighted by molar-refractivity contribution is 9.10. The summed E-state index contributed by atoms with van der Waals surface area (Å²) in [6.45, 7) is 0.202. The van der Waals surface area contributed by atoms with Crippen molar-refractivity contribution in [2.45, 2.75) is 6.54 Å². The lowest BCUT2D eigenvalue weighted by atomic mass is 10.2. The van der Waals surface area contributed by atoms with Gasteiger partial charge in [-0.15, -0.1) is 0 Å². The first-order chi connectivity index (χ1) is 13.6. The molecule has 0 fully saturated rings. The minimum atomic E-state index is -0.529. The first kappa shape index (κ1) is 19.4. The summed E-state index contributed by atoms with van der Waals surface area (Å²) in [6, 6.07) is 16.2. The Morgan fingerprint density at radius 3 is 2.54 bits per heavy atom. The number of furan rings is 2. The Balaban J connectivity index is 1.73. The van der Waals surface area contributed by atoms with Crippen molar-refractivity contribution >= 4 is 33.8 Å². The topological polar surface area (TPSA) is 84.5 Å². The number of amides is 2. The van der Waals surface area contributed by atoms with E-state index in [-0.39, 0.29) is 18.0 Å². The normalized spacial score (nSPS) is 11.5. The fourth-order valence-corrected chi connectivity index (χ4v) is 2.60. The van der Waals surface area contributed by atoms with Crippen molar-refractivity contribution in [3.8, 4) is 0 Å². The molecule has 0 unspecified atom stereocenters. The highest BCUT2D eigenvalue weighted by atomic mass is 79.9. The molecular weight excluding hydrogens is 424 g/mol. The maximum absolute atomic E-state index is 12.5. The van der Waals surface area contributed by atoms with Crippen molar-refractivity contribution in [1.29, 1.82) is 0 Å². The monoisotopic (exact) mass is 440 g/mol. The van der Waals surface area contributed by atoms with Crippen LogP contribution in [0.2, 0.25) is 0 Å². The number of hydrogen-bond acceptors (Lipinski definition) is 4. The van der Waals surface area contributed by atoms with E-state index in [0.717, 1.165) is 5.56 Å². The van der Waals surface area contributed by atoms with E-state index >= 15 is 0 Å². The molecule has 0 aliphatic rings. The highest BCUT2D eigenvalue weighted by Gasteiger charge is 2.16. The van der Waals surface area contributed by atoms with Gasteiger partial charge in [0.2, 0.25) is 0 Å². The predicted molar refractivity (Wildman–Crippen MR) is 108 cm³/mol. The second kappa shape index (κ2) is 9.57. The number of hydrogen-bond donors (Lipinski definition) is 2. The van der Waals surface area contributed by atoms with Crippen LogP contribution in [-0.2, 0) is 11.3 Å². The van der Waals surface area contributed by atoms with Gasteiger partial charge in [0.1, 0.15) is 11.5 Å². The molecule has 0 aliphatic heterocycles. The third-order valence-corrected chi connectivity index (χ3v) is 4.07. The summed E-state index contributed by atoms with van der Waals surface area (Å²) in [5, 5.41) is 5.28. The van der Waals surface area contributed by atoms with Crippen LogP contribution in [0.1, 0.15) is 21.9 Å². The van der Waals surface area contributed by atoms with Crippen molar-refractivity contribution in [3.63, 3.8) is 0 Å². The standard InChI is InChI=1S/C21H17BrN2O4/c22-19-12-11-18(28-19)21(26)24-17(10-4-8-15-6-2-1-3-7-15)20(25)23-14-16-9-5-13-27-16/h1-13H,14H2,(H,23,25)(H,24,26)/b8-4-,17-10-. The molecule has 2 heterocycles. The van der Waals surface area contributed by atoms with Crippen LogP contribution in [-0.4, -0.2) is 11.8 Å². The Morgan fingerprint density at radius 1 is 1.04 bits per heavy atom. The first-order valence-electron chi connectivity index (χ1n) is 8.42. The van der Waals surface area contributed by atoms with Gasteiger partial charge >= 0.3 is 0 Å². The predicted octanol–water partition coefficient (Wildman–Crippen LogP) is 4.28. The molecule has 6 nitrogen and oxygen atoms in total. The molecule has 0 radical (unpaired) electrons. The second-order valence-corrected chi connectivity index (χ2v) is 6.45. The maximum Gasteiger partial charge on any atom is 0.291 e. The van der Waals surface area contributed by atoms with E-state index in [4.69, 9.17) is 8.83 Å². The number of carbonyl (C=O) groups excluding carboxylic acids is 2. The Bertz CT molecular complexity index is 989. The van der Waals surface area contributed by atoms with Crippen LogP contribution in [0.3, 0.4) is 0 Å². The summed E-state index contributed by atoms with van der Waals surface area (Å²) in [4.78, 5) is 24.9. The molecule has 2 N–H and O–H groups in total. The van der Waals surface area contributed by atoms with E-state index in [1.54, 1.807) is 24.3 Å². The number of rotatable bonds is 7. The number of allylic oxidation sites excluding steroid dienone is 2. The van der Waals surface area contributed by atoms with Gasteiger partial charge in [0.25, 0.3) is 11.8 Å². The lowest BCUT2D eigenvalue weighted by Gasteiger charge is -2.08. The zero-order chi connectivity index (χ0) is 19.8. The molecular formula is C21H17BrN2O4. The Kier molecular flexibility index (Phi) is 6.64. The maximum atomic E-state index is 12.5. The molecule has 3 rings (SSSR count). The fourth-order valence-electron chi connectivity index (χ4n) is 2.29. The fraction of sp³-hybridized carbons (Fsp3) is 0.0476. The largest absolute Gasteiger partial charge is 0.467 e. The Morgan fingerprint density at radius 2 is 1.86 bits per heavy atom. The van der Waals surface area contributed by atoms with Crippen LogP contribution >= 0.6 is 15.9 Å². The number of halogens is 1. The van der Waals surface area contributed by atoms with Crippen LogP contribution in [0.4, 0.5) is 0 Å². The van der Waals surface area contributed by atoms with Crippen molar-refractivity contribution < 1.29 is 18.4 Å². The third-order valence-electron chi connectivity index (χ3n) is 3.64. The first-order valence-corrected chi connectivity index (χ1v) is 9.22. The smallest absolute Gasteiger partial charge is 0.291 e. The zero-order valence-electron chi connectivity index (χ0n) is 14.7. The summed E-state index contributed by atoms with van der Waals surface area (Å²) in [5.41, 5.74) is 1.05. The quantitative estimate of drug-likeness (QED) is 0.424. The third kappa shape index (κ3) is 5.59. The molecule has 142 valence electrons. The van der Waals surface area contributed by atoms with Gasteiger partial charge in [-0.25, -0.2) is 0 Å². The molecule has 0 saturated carbocycles. The van der Waals surface area contributed by atoms with Gasteiger partial charge in [0.15, 0.2) is 10.4 Å². The van der Waals surface area contributed by atoms with Crippen molar-refractivity contribution in [1.82, 2.24) is 10.6 Å². The van der Waals surface area contributed by atoms with Crippen LogP contribution in [0.15, 0.2) is 92.2 Å². The van der Waals surface area contributed by atoms with E-state index < -0.39 is 11.8 Å². The molecule has 1 aromatic carbocycles. The summed E-state index contributed by atoms with van der Waals surface area (Å²) >= 11 is 3.15. The number of carbonyl (C=O) groups is 2. The minimum absolute atomic E-state index is 0.0799. The molecule has 2 amide bonds. The molecule has 0 atom stereocenters. The van der Waals surface area contributed by atoms with Crippen molar-refractivity contribution in [3.05, 3.63) is 100 Å². The van der Waals surface area contributed by atoms with E-state index in [1.807, 2.05) is 36.4 Å². The molecule has 0 saturated heterocycles. The number of benzene rings is 1. The molecule has 7 heteroatoms. The summed E-state index contributed by atoms with van der Waals surface area (Å²) in [5.74, 6) is -0.288. The Labute approximate surface area is 170 Å². The van der Waals surface area contributed by atoms with Crippen LogP contribution in [0.25, 0.3) is 6.08 Å². The van der Waals surface area contributed by atoms with E-state index in [0.29, 0.717) is 10.4 Å². The second-order valence-electron chi connectivity index (χ2n) is 5.67. The molecule has 3 aromatic rings. The summed E-state index contributed by atoms with van der Waals surface area (Å²) in [7, 11) is 0. The minimum Gasteiger partial charge on any atom is -0.467 e. The van der Waals surface area contributed by atoms with Gasteiger partial charge < -0.3 is 19.5 Å². The highest BCUT2D eigenvalue weighted by Crippen LogP contribution is 2.14. The van der Waals surface area contributed by atoms with Gasteiger partial charge in [-0.3, -0.25) is 9.59 Å². The van der Waals surface area contributed by atoms with Crippen LogP contribution in [0, 0.1) is 0 Å². The molecule has 0 spiro atoms.